The van der Waals surface area contributed by atoms with Gasteiger partial charge in [0, 0.05) is 24.2 Å². The lowest BCUT2D eigenvalue weighted by Gasteiger charge is -2.20. The molecule has 0 bridgehead atoms. The zero-order chi connectivity index (χ0) is 20.8. The van der Waals surface area contributed by atoms with Gasteiger partial charge in [0.25, 0.3) is 0 Å². The summed E-state index contributed by atoms with van der Waals surface area (Å²) in [5, 5.41) is 2.87. The molecule has 0 aliphatic carbocycles. The number of hydrogen-bond donors (Lipinski definition) is 1. The van der Waals surface area contributed by atoms with E-state index in [2.05, 4.69) is 10.3 Å². The van der Waals surface area contributed by atoms with Crippen LogP contribution in [0.2, 0.25) is 0 Å². The lowest BCUT2D eigenvalue weighted by molar-refractivity contribution is -0.111. The van der Waals surface area contributed by atoms with Gasteiger partial charge in [-0.25, -0.2) is 9.37 Å². The fourth-order valence-electron chi connectivity index (χ4n) is 3.27. The van der Waals surface area contributed by atoms with Crippen molar-refractivity contribution in [1.29, 1.82) is 0 Å². The van der Waals surface area contributed by atoms with Crippen LogP contribution in [0.5, 0.6) is 0 Å². The van der Waals surface area contributed by atoms with Gasteiger partial charge in [-0.3, -0.25) is 4.79 Å². The third-order valence-electron chi connectivity index (χ3n) is 4.73. The number of carbonyl (C=O) groups excluding carboxylic acids is 1. The zero-order valence-corrected chi connectivity index (χ0v) is 16.2. The fraction of sp³-hybridized carbons (Fsp3) is 0.0400. The largest absolute Gasteiger partial charge is 0.326 e. The van der Waals surface area contributed by atoms with Crippen LogP contribution in [0.15, 0.2) is 104 Å². The van der Waals surface area contributed by atoms with Crippen molar-refractivity contribution < 1.29 is 9.18 Å². The van der Waals surface area contributed by atoms with Crippen LogP contribution in [0, 0.1) is 5.82 Å². The van der Waals surface area contributed by atoms with Crippen molar-refractivity contribution in [1.82, 2.24) is 9.55 Å². The molecule has 4 aromatic rings. The summed E-state index contributed by atoms with van der Waals surface area (Å²) in [5.74, 6) is -0.471. The van der Waals surface area contributed by atoms with Crippen molar-refractivity contribution in [3.63, 3.8) is 0 Å². The Morgan fingerprint density at radius 2 is 1.60 bits per heavy atom. The molecule has 0 spiro atoms. The first-order chi connectivity index (χ1) is 14.7. The van der Waals surface area contributed by atoms with Crippen LogP contribution in [0.4, 0.5) is 10.1 Å². The number of benzene rings is 3. The number of anilines is 1. The quantitative estimate of drug-likeness (QED) is 0.448. The summed E-state index contributed by atoms with van der Waals surface area (Å²) < 4.78 is 15.3. The molecule has 30 heavy (non-hydrogen) atoms. The molecule has 0 radical (unpaired) electrons. The SMILES string of the molecule is O=C(C=Cc1ccccc1)Nc1ccc(C(c2ccc(F)cc2)n2ccnc2)cc1. The van der Waals surface area contributed by atoms with E-state index in [-0.39, 0.29) is 17.8 Å². The van der Waals surface area contributed by atoms with Gasteiger partial charge in [-0.2, -0.15) is 0 Å². The lowest BCUT2D eigenvalue weighted by Crippen LogP contribution is -2.11. The topological polar surface area (TPSA) is 46.9 Å². The molecule has 148 valence electrons. The molecule has 1 amide bonds. The Balaban J connectivity index is 1.51. The second kappa shape index (κ2) is 9.01. The van der Waals surface area contributed by atoms with E-state index in [1.54, 1.807) is 30.7 Å². The molecular weight excluding hydrogens is 377 g/mol. The van der Waals surface area contributed by atoms with E-state index >= 15 is 0 Å². The number of rotatable bonds is 6. The van der Waals surface area contributed by atoms with Gasteiger partial charge < -0.3 is 9.88 Å². The Morgan fingerprint density at radius 3 is 2.23 bits per heavy atom. The summed E-state index contributed by atoms with van der Waals surface area (Å²) in [7, 11) is 0. The molecule has 0 saturated heterocycles. The number of amides is 1. The van der Waals surface area contributed by atoms with Crippen molar-refractivity contribution in [3.8, 4) is 0 Å². The van der Waals surface area contributed by atoms with Crippen molar-refractivity contribution in [2.45, 2.75) is 6.04 Å². The van der Waals surface area contributed by atoms with Crippen molar-refractivity contribution in [2.24, 2.45) is 0 Å². The Bertz CT molecular complexity index is 1120. The average molecular weight is 397 g/mol. The number of aromatic nitrogens is 2. The molecule has 1 unspecified atom stereocenters. The van der Waals surface area contributed by atoms with E-state index < -0.39 is 0 Å². The van der Waals surface area contributed by atoms with E-state index in [4.69, 9.17) is 0 Å². The molecule has 1 N–H and O–H groups in total. The number of imidazole rings is 1. The number of hydrogen-bond acceptors (Lipinski definition) is 2. The van der Waals surface area contributed by atoms with Gasteiger partial charge in [0.2, 0.25) is 5.91 Å². The smallest absolute Gasteiger partial charge is 0.248 e. The Hall–Kier alpha value is -3.99. The molecule has 1 atom stereocenters. The first-order valence-corrected chi connectivity index (χ1v) is 9.56. The number of nitrogens with zero attached hydrogens (tertiary/aromatic N) is 2. The van der Waals surface area contributed by atoms with Crippen LogP contribution < -0.4 is 5.32 Å². The molecule has 3 aromatic carbocycles. The highest BCUT2D eigenvalue weighted by atomic mass is 19.1. The summed E-state index contributed by atoms with van der Waals surface area (Å²) in [6.07, 6.45) is 8.60. The molecular formula is C25H20FN3O. The molecule has 0 aliphatic heterocycles. The maximum atomic E-state index is 13.4. The van der Waals surface area contributed by atoms with Crippen molar-refractivity contribution >= 4 is 17.7 Å². The second-order valence-corrected chi connectivity index (χ2v) is 6.82. The molecule has 0 aliphatic rings. The molecule has 0 fully saturated rings. The van der Waals surface area contributed by atoms with Crippen LogP contribution >= 0.6 is 0 Å². The highest BCUT2D eigenvalue weighted by Gasteiger charge is 2.16. The van der Waals surface area contributed by atoms with Gasteiger partial charge in [-0.15, -0.1) is 0 Å². The number of nitrogens with one attached hydrogen (secondary N) is 1. The monoisotopic (exact) mass is 397 g/mol. The zero-order valence-electron chi connectivity index (χ0n) is 16.2. The van der Waals surface area contributed by atoms with Gasteiger partial charge in [0.05, 0.1) is 12.4 Å². The highest BCUT2D eigenvalue weighted by molar-refractivity contribution is 6.01. The average Bonchev–Trinajstić information content (AvgIpc) is 3.30. The number of carbonyl (C=O) groups is 1. The standard InChI is InChI=1S/C25H20FN3O/c26-22-11-7-20(8-12-22)25(29-17-16-27-18-29)21-9-13-23(14-10-21)28-24(30)15-6-19-4-2-1-3-5-19/h1-18,25H,(H,28,30). The van der Waals surface area contributed by atoms with Gasteiger partial charge in [0.1, 0.15) is 5.82 Å². The maximum Gasteiger partial charge on any atom is 0.248 e. The lowest BCUT2D eigenvalue weighted by atomic mass is 9.98. The van der Waals surface area contributed by atoms with Gasteiger partial charge in [-0.1, -0.05) is 54.6 Å². The van der Waals surface area contributed by atoms with Crippen LogP contribution in [-0.4, -0.2) is 15.5 Å². The molecule has 4 nitrogen and oxygen atoms in total. The summed E-state index contributed by atoms with van der Waals surface area (Å²) >= 11 is 0. The molecule has 5 heteroatoms. The third-order valence-corrected chi connectivity index (χ3v) is 4.73. The van der Waals surface area contributed by atoms with E-state index in [1.807, 2.05) is 65.4 Å². The normalized spacial score (nSPS) is 12.0. The van der Waals surface area contributed by atoms with Gasteiger partial charge in [0.15, 0.2) is 0 Å². The third kappa shape index (κ3) is 4.70. The summed E-state index contributed by atoms with van der Waals surface area (Å²) in [4.78, 5) is 16.3. The van der Waals surface area contributed by atoms with Crippen molar-refractivity contribution in [2.75, 3.05) is 5.32 Å². The minimum atomic E-state index is -0.273. The molecule has 1 heterocycles. The first-order valence-electron chi connectivity index (χ1n) is 9.56. The van der Waals surface area contributed by atoms with Crippen LogP contribution in [0.1, 0.15) is 22.7 Å². The van der Waals surface area contributed by atoms with E-state index in [0.29, 0.717) is 5.69 Å². The summed E-state index contributed by atoms with van der Waals surface area (Å²) in [6.45, 7) is 0. The van der Waals surface area contributed by atoms with E-state index in [9.17, 15) is 9.18 Å². The van der Waals surface area contributed by atoms with E-state index in [1.165, 1.54) is 18.2 Å². The molecule has 0 saturated carbocycles. The van der Waals surface area contributed by atoms with Crippen LogP contribution in [0.3, 0.4) is 0 Å². The highest BCUT2D eigenvalue weighted by Crippen LogP contribution is 2.27. The number of halogens is 1. The second-order valence-electron chi connectivity index (χ2n) is 6.82. The van der Waals surface area contributed by atoms with Crippen molar-refractivity contribution in [3.05, 3.63) is 126 Å². The maximum absolute atomic E-state index is 13.4. The predicted molar refractivity (Wildman–Crippen MR) is 116 cm³/mol. The van der Waals surface area contributed by atoms with Gasteiger partial charge in [-0.05, 0) is 47.0 Å². The summed E-state index contributed by atoms with van der Waals surface area (Å²) in [5.41, 5.74) is 3.60. The molecule has 1 aromatic heterocycles. The summed E-state index contributed by atoms with van der Waals surface area (Å²) in [6, 6.07) is 23.6. The minimum Gasteiger partial charge on any atom is -0.326 e. The molecule has 4 rings (SSSR count). The minimum absolute atomic E-state index is 0.143. The Labute approximate surface area is 174 Å². The van der Waals surface area contributed by atoms with Gasteiger partial charge >= 0.3 is 0 Å². The van der Waals surface area contributed by atoms with Crippen LogP contribution in [-0.2, 0) is 4.79 Å². The first kappa shape index (κ1) is 19.3. The fourth-order valence-corrected chi connectivity index (χ4v) is 3.27. The van der Waals surface area contributed by atoms with Crippen LogP contribution in [0.25, 0.3) is 6.08 Å². The predicted octanol–water partition coefficient (Wildman–Crippen LogP) is 5.31. The van der Waals surface area contributed by atoms with E-state index in [0.717, 1.165) is 16.7 Å². The Morgan fingerprint density at radius 1 is 0.933 bits per heavy atom. The Kier molecular flexibility index (Phi) is 5.80.